The molecule has 6 rings (SSSR count). The van der Waals surface area contributed by atoms with Gasteiger partial charge in [-0.25, -0.2) is 0 Å². The van der Waals surface area contributed by atoms with E-state index in [0.717, 1.165) is 71.4 Å². The highest BCUT2D eigenvalue weighted by atomic mass is 16.5. The molecule has 134 valence electrons. The van der Waals surface area contributed by atoms with Gasteiger partial charge < -0.3 is 19.5 Å². The largest absolute Gasteiger partial charge is 0.493 e. The second-order valence-corrected chi connectivity index (χ2v) is 8.88. The van der Waals surface area contributed by atoms with E-state index in [9.17, 15) is 0 Å². The minimum atomic E-state index is 0.675. The summed E-state index contributed by atoms with van der Waals surface area (Å²) < 4.78 is 16.4. The van der Waals surface area contributed by atoms with Gasteiger partial charge in [-0.15, -0.1) is 0 Å². The van der Waals surface area contributed by atoms with Gasteiger partial charge in [0.25, 0.3) is 0 Å². The summed E-state index contributed by atoms with van der Waals surface area (Å²) in [6.07, 6.45) is 3.11. The molecule has 1 N–H and O–H groups in total. The average Bonchev–Trinajstić information content (AvgIpc) is 3.18. The van der Waals surface area contributed by atoms with Crippen molar-refractivity contribution in [2.45, 2.75) is 25.4 Å². The molecule has 5 aliphatic carbocycles. The first-order valence-corrected chi connectivity index (χ1v) is 9.79. The highest BCUT2D eigenvalue weighted by Crippen LogP contribution is 2.82. The van der Waals surface area contributed by atoms with Crippen molar-refractivity contribution < 1.29 is 14.2 Å². The number of rotatable bonds is 6. The Morgan fingerprint density at radius 1 is 0.800 bits per heavy atom. The van der Waals surface area contributed by atoms with Gasteiger partial charge in [0.1, 0.15) is 0 Å². The molecule has 0 aliphatic heterocycles. The van der Waals surface area contributed by atoms with E-state index in [1.807, 2.05) is 0 Å². The molecule has 1 aromatic carbocycles. The van der Waals surface area contributed by atoms with Crippen molar-refractivity contribution in [1.29, 1.82) is 0 Å². The minimum Gasteiger partial charge on any atom is -0.493 e. The van der Waals surface area contributed by atoms with Crippen molar-refractivity contribution in [3.63, 3.8) is 0 Å². The van der Waals surface area contributed by atoms with Gasteiger partial charge in [0, 0.05) is 12.6 Å². The van der Waals surface area contributed by atoms with E-state index in [4.69, 9.17) is 14.2 Å². The number of ether oxygens (including phenoxy) is 3. The number of nitrogens with one attached hydrogen (secondary N) is 1. The van der Waals surface area contributed by atoms with Crippen molar-refractivity contribution in [3.05, 3.63) is 17.7 Å². The molecule has 0 amide bonds. The summed E-state index contributed by atoms with van der Waals surface area (Å²) in [5.74, 6) is 10.6. The van der Waals surface area contributed by atoms with Gasteiger partial charge >= 0.3 is 0 Å². The molecule has 25 heavy (non-hydrogen) atoms. The van der Waals surface area contributed by atoms with Crippen LogP contribution in [0.5, 0.6) is 17.2 Å². The van der Waals surface area contributed by atoms with E-state index in [1.54, 1.807) is 34.2 Å². The van der Waals surface area contributed by atoms with Gasteiger partial charge in [0.15, 0.2) is 11.5 Å². The maximum absolute atomic E-state index is 5.50. The zero-order valence-electron chi connectivity index (χ0n) is 15.2. The predicted molar refractivity (Wildman–Crippen MR) is 93.9 cm³/mol. The Bertz CT molecular complexity index is 703. The fourth-order valence-electron chi connectivity index (χ4n) is 8.22. The molecular weight excluding hydrogens is 314 g/mol. The minimum absolute atomic E-state index is 0.675. The Balaban J connectivity index is 1.24. The standard InChI is InChI=1S/C21H27NO3/c1-23-14-4-9(5-15(24-2)21(14)25-3)8-22-20-17-11-7-12-16-10(11)6-13(17)18(16)19(12)20/h4-5,10-13,16-20,22H,6-8H2,1-3H3/t10?,11?,12?,13?,16?,17?,18?,19?,20-/m0/s1. The van der Waals surface area contributed by atoms with Crippen LogP contribution in [0, 0.1) is 47.3 Å². The summed E-state index contributed by atoms with van der Waals surface area (Å²) in [6, 6.07) is 4.92. The Morgan fingerprint density at radius 2 is 1.44 bits per heavy atom. The lowest BCUT2D eigenvalue weighted by molar-refractivity contribution is 0.00939. The summed E-state index contributed by atoms with van der Waals surface area (Å²) in [6.45, 7) is 0.891. The zero-order chi connectivity index (χ0) is 16.9. The van der Waals surface area contributed by atoms with Crippen molar-refractivity contribution >= 4 is 0 Å². The predicted octanol–water partition coefficient (Wildman–Crippen LogP) is 2.95. The monoisotopic (exact) mass is 341 g/mol. The molecule has 5 aliphatic rings. The van der Waals surface area contributed by atoms with Gasteiger partial charge in [-0.3, -0.25) is 0 Å². The van der Waals surface area contributed by atoms with E-state index >= 15 is 0 Å². The van der Waals surface area contributed by atoms with Gasteiger partial charge in [-0.1, -0.05) is 0 Å². The Kier molecular flexibility index (Phi) is 2.85. The fourth-order valence-corrected chi connectivity index (χ4v) is 8.22. The molecule has 5 fully saturated rings. The number of benzene rings is 1. The average molecular weight is 341 g/mol. The fraction of sp³-hybridized carbons (Fsp3) is 0.714. The molecule has 4 heteroatoms. The van der Waals surface area contributed by atoms with Crippen molar-refractivity contribution in [1.82, 2.24) is 5.32 Å². The molecule has 5 saturated carbocycles. The number of fused-ring (bicyclic) bond motifs is 2. The summed E-state index contributed by atoms with van der Waals surface area (Å²) in [5.41, 5.74) is 1.22. The molecule has 0 aromatic heterocycles. The zero-order valence-corrected chi connectivity index (χ0v) is 15.2. The number of hydrogen-bond donors (Lipinski definition) is 1. The molecule has 0 spiro atoms. The van der Waals surface area contributed by atoms with Crippen LogP contribution in [0.1, 0.15) is 18.4 Å². The molecular formula is C21H27NO3. The topological polar surface area (TPSA) is 39.7 Å². The van der Waals surface area contributed by atoms with Crippen molar-refractivity contribution in [2.24, 2.45) is 47.3 Å². The van der Waals surface area contributed by atoms with Gasteiger partial charge in [0.05, 0.1) is 21.3 Å². The Morgan fingerprint density at radius 3 is 2.08 bits per heavy atom. The first-order chi connectivity index (χ1) is 12.3. The Labute approximate surface area is 149 Å². The Hall–Kier alpha value is -1.42. The molecule has 1 aromatic rings. The maximum atomic E-state index is 5.50. The second kappa shape index (κ2) is 4.85. The third-order valence-electron chi connectivity index (χ3n) is 8.59. The molecule has 8 unspecified atom stereocenters. The summed E-state index contributed by atoms with van der Waals surface area (Å²) in [7, 11) is 5.02. The van der Waals surface area contributed by atoms with Crippen LogP contribution in [0.15, 0.2) is 12.1 Å². The van der Waals surface area contributed by atoms with Crippen LogP contribution in [0.3, 0.4) is 0 Å². The molecule has 2 bridgehead atoms. The van der Waals surface area contributed by atoms with Gasteiger partial charge in [0.2, 0.25) is 5.75 Å². The third-order valence-corrected chi connectivity index (χ3v) is 8.59. The van der Waals surface area contributed by atoms with Crippen LogP contribution in [0.4, 0.5) is 0 Å². The van der Waals surface area contributed by atoms with E-state index < -0.39 is 0 Å². The molecule has 0 saturated heterocycles. The van der Waals surface area contributed by atoms with Crippen LogP contribution in [0.2, 0.25) is 0 Å². The summed E-state index contributed by atoms with van der Waals surface area (Å²) >= 11 is 0. The number of methoxy groups -OCH3 is 3. The summed E-state index contributed by atoms with van der Waals surface area (Å²) in [4.78, 5) is 0. The first-order valence-electron chi connectivity index (χ1n) is 9.79. The van der Waals surface area contributed by atoms with Gasteiger partial charge in [-0.2, -0.15) is 0 Å². The smallest absolute Gasteiger partial charge is 0.203 e. The maximum Gasteiger partial charge on any atom is 0.203 e. The van der Waals surface area contributed by atoms with E-state index in [-0.39, 0.29) is 0 Å². The quantitative estimate of drug-likeness (QED) is 0.864. The first kappa shape index (κ1) is 14.7. The van der Waals surface area contributed by atoms with Crippen LogP contribution in [0.25, 0.3) is 0 Å². The lowest BCUT2D eigenvalue weighted by Gasteiger charge is -2.48. The van der Waals surface area contributed by atoms with Gasteiger partial charge in [-0.05, 0) is 77.9 Å². The van der Waals surface area contributed by atoms with Crippen LogP contribution >= 0.6 is 0 Å². The number of hydrogen-bond acceptors (Lipinski definition) is 4. The van der Waals surface area contributed by atoms with Crippen molar-refractivity contribution in [2.75, 3.05) is 21.3 Å². The van der Waals surface area contributed by atoms with E-state index in [0.29, 0.717) is 5.75 Å². The van der Waals surface area contributed by atoms with Crippen LogP contribution in [-0.4, -0.2) is 27.4 Å². The van der Waals surface area contributed by atoms with E-state index in [1.165, 1.54) is 5.56 Å². The highest BCUT2D eigenvalue weighted by Gasteiger charge is 2.80. The SMILES string of the molecule is COc1cc(CN[C@H]2C3C4CC5C6C4CC3C6C52)cc(OC)c1OC. The normalized spacial score (nSPS) is 46.6. The van der Waals surface area contributed by atoms with Crippen LogP contribution in [-0.2, 0) is 6.54 Å². The highest BCUT2D eigenvalue weighted by molar-refractivity contribution is 5.53. The molecule has 0 heterocycles. The lowest BCUT2D eigenvalue weighted by atomic mass is 9.59. The summed E-state index contributed by atoms with van der Waals surface area (Å²) in [5, 5.41) is 3.96. The molecule has 9 atom stereocenters. The molecule has 0 radical (unpaired) electrons. The van der Waals surface area contributed by atoms with E-state index in [2.05, 4.69) is 17.4 Å². The second-order valence-electron chi connectivity index (χ2n) is 8.88. The molecule has 4 nitrogen and oxygen atoms in total. The van der Waals surface area contributed by atoms with Crippen molar-refractivity contribution in [3.8, 4) is 17.2 Å². The third kappa shape index (κ3) is 1.59. The van der Waals surface area contributed by atoms with Crippen LogP contribution < -0.4 is 19.5 Å². The lowest BCUT2D eigenvalue weighted by Crippen LogP contribution is -2.51.